The largest absolute Gasteiger partial charge is 0.481 e. The molecule has 0 aliphatic carbocycles. The summed E-state index contributed by atoms with van der Waals surface area (Å²) in [4.78, 5) is 46.1. The first-order valence-electron chi connectivity index (χ1n) is 13.7. The van der Waals surface area contributed by atoms with Crippen LogP contribution in [0, 0.1) is 5.92 Å². The van der Waals surface area contributed by atoms with Gasteiger partial charge in [0.1, 0.15) is 0 Å². The van der Waals surface area contributed by atoms with E-state index in [4.69, 9.17) is 15.2 Å². The number of carboxylic acid groups (broad SMARTS) is 1. The highest BCUT2D eigenvalue weighted by atomic mass is 16.7. The molecule has 210 valence electrons. The van der Waals surface area contributed by atoms with Crippen LogP contribution in [0.3, 0.4) is 0 Å². The maximum Gasteiger partial charge on any atom is 0.319 e. The van der Waals surface area contributed by atoms with Gasteiger partial charge in [-0.1, -0.05) is 19.4 Å². The van der Waals surface area contributed by atoms with Gasteiger partial charge in [0.2, 0.25) is 12.7 Å². The van der Waals surface area contributed by atoms with Crippen LogP contribution in [0.15, 0.2) is 18.2 Å². The van der Waals surface area contributed by atoms with Crippen molar-refractivity contribution in [2.75, 3.05) is 66.2 Å². The third kappa shape index (κ3) is 6.15. The van der Waals surface area contributed by atoms with Gasteiger partial charge in [-0.15, -0.1) is 0 Å². The second kappa shape index (κ2) is 12.7. The molecule has 4 rings (SSSR count). The topological polar surface area (TPSA) is 129 Å². The summed E-state index contributed by atoms with van der Waals surface area (Å²) in [5.74, 6) is -0.771. The average molecular weight is 532 g/mol. The maximum atomic E-state index is 13.4. The molecule has 1 aromatic carbocycles. The summed E-state index contributed by atoms with van der Waals surface area (Å²) in [6.45, 7) is 6.05. The lowest BCUT2D eigenvalue weighted by Crippen LogP contribution is -2.50. The summed E-state index contributed by atoms with van der Waals surface area (Å²) in [7, 11) is 1.78. The van der Waals surface area contributed by atoms with E-state index < -0.39 is 17.9 Å². The minimum absolute atomic E-state index is 0.0373. The van der Waals surface area contributed by atoms with Crippen LogP contribution in [0.25, 0.3) is 0 Å². The molecule has 0 saturated carbocycles. The Labute approximate surface area is 224 Å². The number of benzene rings is 1. The number of nitrogens with two attached hydrogens (primary N) is 1. The minimum atomic E-state index is -0.903. The molecule has 3 atom stereocenters. The molecule has 3 heterocycles. The predicted molar refractivity (Wildman–Crippen MR) is 141 cm³/mol. The first kappa shape index (κ1) is 28.0. The number of aliphatic carboxylic acids is 1. The molecule has 3 aliphatic heterocycles. The molecule has 2 fully saturated rings. The number of urea groups is 1. The highest BCUT2D eigenvalue weighted by Crippen LogP contribution is 2.42. The second-order valence-corrected chi connectivity index (χ2v) is 10.4. The van der Waals surface area contributed by atoms with Gasteiger partial charge in [0.15, 0.2) is 11.5 Å². The number of nitrogens with zero attached hydrogens (tertiary/aromatic N) is 4. The van der Waals surface area contributed by atoms with Crippen LogP contribution in [-0.2, 0) is 9.59 Å². The Morgan fingerprint density at radius 1 is 1.18 bits per heavy atom. The second-order valence-electron chi connectivity index (χ2n) is 10.4. The lowest BCUT2D eigenvalue weighted by molar-refractivity contribution is -0.143. The first-order valence-corrected chi connectivity index (χ1v) is 13.7. The zero-order valence-corrected chi connectivity index (χ0v) is 22.5. The molecule has 2 saturated heterocycles. The van der Waals surface area contributed by atoms with Gasteiger partial charge in [-0.2, -0.15) is 0 Å². The molecule has 3 N–H and O–H groups in total. The monoisotopic (exact) mass is 531 g/mol. The van der Waals surface area contributed by atoms with E-state index in [9.17, 15) is 19.5 Å². The molecular weight excluding hydrogens is 490 g/mol. The van der Waals surface area contributed by atoms with Crippen molar-refractivity contribution in [3.63, 3.8) is 0 Å². The molecule has 11 heteroatoms. The van der Waals surface area contributed by atoms with Crippen LogP contribution in [0.1, 0.15) is 44.1 Å². The van der Waals surface area contributed by atoms with Crippen LogP contribution in [-0.4, -0.2) is 115 Å². The number of amides is 3. The van der Waals surface area contributed by atoms with Gasteiger partial charge in [0.05, 0.1) is 12.5 Å². The van der Waals surface area contributed by atoms with Crippen molar-refractivity contribution >= 4 is 17.9 Å². The standard InChI is InChI=1S/C27H41N5O6/c1-3-4-11-30(14-9-28)24(33)17-32-16-20(19-6-7-22-23(15-19)38-18-37-22)25(26(34)35)21(32)8-13-31-12-5-10-29(2)27(31)36/h6-7,15,20-21,25H,3-5,8-14,16-18,28H2,1-2H3,(H,34,35)/t20-,21+,25?/m1/s1. The lowest BCUT2D eigenvalue weighted by Gasteiger charge is -2.35. The van der Waals surface area contributed by atoms with Crippen molar-refractivity contribution in [3.05, 3.63) is 23.8 Å². The van der Waals surface area contributed by atoms with Crippen molar-refractivity contribution < 1.29 is 29.0 Å². The number of rotatable bonds is 12. The number of hydrogen-bond donors (Lipinski definition) is 2. The molecular formula is C27H41N5O6. The number of carbonyl (C=O) groups is 3. The summed E-state index contributed by atoms with van der Waals surface area (Å²) >= 11 is 0. The van der Waals surface area contributed by atoms with E-state index in [1.165, 1.54) is 0 Å². The Hall–Kier alpha value is -3.05. The molecule has 0 spiro atoms. The lowest BCUT2D eigenvalue weighted by atomic mass is 9.84. The molecule has 0 bridgehead atoms. The molecule has 0 aromatic heterocycles. The van der Waals surface area contributed by atoms with Crippen molar-refractivity contribution in [1.82, 2.24) is 19.6 Å². The molecule has 11 nitrogen and oxygen atoms in total. The number of unbranched alkanes of at least 4 members (excludes halogenated alkanes) is 1. The Balaban J connectivity index is 1.58. The SMILES string of the molecule is CCCCN(CCN)C(=O)CN1C[C@H](c2ccc3c(c2)OCO3)C(C(=O)O)[C@@H]1CCN1CCCN(C)C1=O. The maximum absolute atomic E-state index is 13.4. The van der Waals surface area contributed by atoms with Crippen molar-refractivity contribution in [2.45, 2.75) is 44.6 Å². The number of fused-ring (bicyclic) bond motifs is 1. The summed E-state index contributed by atoms with van der Waals surface area (Å²) in [6.07, 6.45) is 3.20. The van der Waals surface area contributed by atoms with Crippen molar-refractivity contribution in [2.24, 2.45) is 11.7 Å². The van der Waals surface area contributed by atoms with E-state index in [0.29, 0.717) is 57.2 Å². The molecule has 3 amide bonds. The molecule has 0 radical (unpaired) electrons. The average Bonchev–Trinajstić information content (AvgIpc) is 3.51. The Morgan fingerprint density at radius 2 is 1.97 bits per heavy atom. The summed E-state index contributed by atoms with van der Waals surface area (Å²) in [5.41, 5.74) is 6.63. The summed E-state index contributed by atoms with van der Waals surface area (Å²) in [6, 6.07) is 5.12. The fraction of sp³-hybridized carbons (Fsp3) is 0.667. The highest BCUT2D eigenvalue weighted by molar-refractivity contribution is 5.79. The summed E-state index contributed by atoms with van der Waals surface area (Å²) in [5, 5.41) is 10.4. The number of carboxylic acids is 1. The van der Waals surface area contributed by atoms with Crippen molar-refractivity contribution in [1.29, 1.82) is 0 Å². The number of hydrogen-bond acceptors (Lipinski definition) is 7. The van der Waals surface area contributed by atoms with Gasteiger partial charge in [0, 0.05) is 64.8 Å². The Kier molecular flexibility index (Phi) is 9.32. The fourth-order valence-electron chi connectivity index (χ4n) is 5.90. The number of carbonyl (C=O) groups excluding carboxylic acids is 2. The molecule has 3 aliphatic rings. The van der Waals surface area contributed by atoms with Crippen molar-refractivity contribution in [3.8, 4) is 11.5 Å². The van der Waals surface area contributed by atoms with Gasteiger partial charge in [-0.05, 0) is 37.0 Å². The Bertz CT molecular complexity index is 1010. The molecule has 1 unspecified atom stereocenters. The van der Waals surface area contributed by atoms with Gasteiger partial charge in [0.25, 0.3) is 0 Å². The van der Waals surface area contributed by atoms with E-state index >= 15 is 0 Å². The van der Waals surface area contributed by atoms with E-state index in [1.807, 2.05) is 23.1 Å². The fourth-order valence-corrected chi connectivity index (χ4v) is 5.90. The van der Waals surface area contributed by atoms with Crippen LogP contribution in [0.4, 0.5) is 4.79 Å². The molecule has 1 aromatic rings. The van der Waals surface area contributed by atoms with Gasteiger partial charge in [-0.25, -0.2) is 4.79 Å². The van der Waals surface area contributed by atoms with Gasteiger partial charge < -0.3 is 35.0 Å². The zero-order chi connectivity index (χ0) is 27.2. The number of ether oxygens (including phenoxy) is 2. The Morgan fingerprint density at radius 3 is 2.71 bits per heavy atom. The van der Waals surface area contributed by atoms with E-state index in [0.717, 1.165) is 31.4 Å². The van der Waals surface area contributed by atoms with Gasteiger partial charge in [-0.3, -0.25) is 14.5 Å². The van der Waals surface area contributed by atoms with E-state index in [-0.39, 0.29) is 31.2 Å². The van der Waals surface area contributed by atoms with Crippen LogP contribution < -0.4 is 15.2 Å². The third-order valence-corrected chi connectivity index (χ3v) is 7.94. The first-order chi connectivity index (χ1) is 18.3. The number of likely N-dealkylation sites (tertiary alicyclic amines) is 1. The normalized spacial score (nSPS) is 23.2. The minimum Gasteiger partial charge on any atom is -0.481 e. The third-order valence-electron chi connectivity index (χ3n) is 7.94. The smallest absolute Gasteiger partial charge is 0.319 e. The van der Waals surface area contributed by atoms with Crippen LogP contribution in [0.5, 0.6) is 11.5 Å². The van der Waals surface area contributed by atoms with E-state index in [2.05, 4.69) is 6.92 Å². The zero-order valence-electron chi connectivity index (χ0n) is 22.5. The highest BCUT2D eigenvalue weighted by Gasteiger charge is 2.47. The summed E-state index contributed by atoms with van der Waals surface area (Å²) < 4.78 is 11.0. The van der Waals surface area contributed by atoms with E-state index in [1.54, 1.807) is 21.7 Å². The van der Waals surface area contributed by atoms with Crippen LogP contribution in [0.2, 0.25) is 0 Å². The predicted octanol–water partition coefficient (Wildman–Crippen LogP) is 1.62. The van der Waals surface area contributed by atoms with Crippen LogP contribution >= 0.6 is 0 Å². The molecule has 38 heavy (non-hydrogen) atoms. The van der Waals surface area contributed by atoms with Gasteiger partial charge >= 0.3 is 12.0 Å². The quantitative estimate of drug-likeness (QED) is 0.416.